The summed E-state index contributed by atoms with van der Waals surface area (Å²) in [7, 11) is 0. The first-order chi connectivity index (χ1) is 14.6. The van der Waals surface area contributed by atoms with Crippen molar-refractivity contribution in [2.75, 3.05) is 26.2 Å². The van der Waals surface area contributed by atoms with E-state index < -0.39 is 23.9 Å². The second-order valence-electron chi connectivity index (χ2n) is 7.66. The van der Waals surface area contributed by atoms with Crippen LogP contribution in [0.2, 0.25) is 0 Å². The Labute approximate surface area is 173 Å². The van der Waals surface area contributed by atoms with Crippen LogP contribution >= 0.6 is 0 Å². The van der Waals surface area contributed by atoms with Gasteiger partial charge in [-0.3, -0.25) is 4.79 Å². The van der Waals surface area contributed by atoms with Gasteiger partial charge in [0.1, 0.15) is 6.61 Å². The van der Waals surface area contributed by atoms with Gasteiger partial charge in [0, 0.05) is 30.5 Å². The summed E-state index contributed by atoms with van der Waals surface area (Å²) in [6.07, 6.45) is -0.155. The molecule has 1 aliphatic heterocycles. The van der Waals surface area contributed by atoms with Crippen molar-refractivity contribution in [3.05, 3.63) is 70.1 Å². The number of azide groups is 1. The Morgan fingerprint density at radius 1 is 1.13 bits per heavy atom. The van der Waals surface area contributed by atoms with Gasteiger partial charge in [-0.2, -0.15) is 0 Å². The smallest absolute Gasteiger partial charge is 0.409 e. The van der Waals surface area contributed by atoms with Gasteiger partial charge in [0.05, 0.1) is 5.92 Å². The fraction of sp³-hybridized carbons (Fsp3) is 0.364. The van der Waals surface area contributed by atoms with Crippen LogP contribution in [0.3, 0.4) is 0 Å². The molecule has 2 aromatic carbocycles. The number of carboxylic acids is 1. The average Bonchev–Trinajstić information content (AvgIpc) is 3.09. The lowest BCUT2D eigenvalue weighted by Crippen LogP contribution is -2.47. The van der Waals surface area contributed by atoms with Gasteiger partial charge < -0.3 is 14.7 Å². The molecule has 2 aliphatic rings. The maximum Gasteiger partial charge on any atom is 0.409 e. The minimum Gasteiger partial charge on any atom is -0.481 e. The minimum atomic E-state index is -0.930. The molecule has 154 valence electrons. The molecule has 8 nitrogen and oxygen atoms in total. The highest BCUT2D eigenvalue weighted by Gasteiger charge is 2.36. The number of benzene rings is 2. The number of amides is 1. The number of nitrogens with zero attached hydrogens (tertiary/aromatic N) is 4. The highest BCUT2D eigenvalue weighted by atomic mass is 16.6. The van der Waals surface area contributed by atoms with Crippen LogP contribution in [0, 0.1) is 11.8 Å². The van der Waals surface area contributed by atoms with Crippen molar-refractivity contribution in [2.45, 2.75) is 12.3 Å². The Kier molecular flexibility index (Phi) is 5.59. The maximum absolute atomic E-state index is 12.7. The number of aliphatic carboxylic acids is 1. The van der Waals surface area contributed by atoms with Gasteiger partial charge in [-0.25, -0.2) is 4.79 Å². The van der Waals surface area contributed by atoms with E-state index in [0.717, 1.165) is 22.3 Å². The highest BCUT2D eigenvalue weighted by molar-refractivity contribution is 5.79. The molecule has 2 unspecified atom stereocenters. The van der Waals surface area contributed by atoms with E-state index in [1.165, 1.54) is 4.90 Å². The number of likely N-dealkylation sites (tertiary alicyclic amines) is 1. The highest BCUT2D eigenvalue weighted by Crippen LogP contribution is 2.44. The predicted octanol–water partition coefficient (Wildman–Crippen LogP) is 4.27. The number of carbonyl (C=O) groups excluding carboxylic acids is 1. The normalized spacial score (nSPS) is 20.1. The number of carbonyl (C=O) groups is 2. The summed E-state index contributed by atoms with van der Waals surface area (Å²) in [5.74, 6) is -2.02. The Bertz CT molecular complexity index is 972. The summed E-state index contributed by atoms with van der Waals surface area (Å²) in [4.78, 5) is 28.4. The summed E-state index contributed by atoms with van der Waals surface area (Å²) in [5, 5.41) is 12.9. The zero-order valence-electron chi connectivity index (χ0n) is 16.3. The quantitative estimate of drug-likeness (QED) is 0.453. The second-order valence-corrected chi connectivity index (χ2v) is 7.66. The van der Waals surface area contributed by atoms with Crippen molar-refractivity contribution >= 4 is 12.1 Å². The molecule has 0 radical (unpaired) electrons. The van der Waals surface area contributed by atoms with Gasteiger partial charge in [-0.05, 0) is 40.1 Å². The molecule has 0 aromatic heterocycles. The first-order valence-corrected chi connectivity index (χ1v) is 9.93. The van der Waals surface area contributed by atoms with Crippen LogP contribution < -0.4 is 0 Å². The summed E-state index contributed by atoms with van der Waals surface area (Å²) in [5.41, 5.74) is 13.2. The van der Waals surface area contributed by atoms with Gasteiger partial charge >= 0.3 is 12.1 Å². The Morgan fingerprint density at radius 2 is 1.77 bits per heavy atom. The van der Waals surface area contributed by atoms with Gasteiger partial charge in [0.15, 0.2) is 0 Å². The van der Waals surface area contributed by atoms with Gasteiger partial charge in [-0.15, -0.1) is 0 Å². The molecule has 1 saturated heterocycles. The van der Waals surface area contributed by atoms with Gasteiger partial charge in [-0.1, -0.05) is 53.6 Å². The zero-order chi connectivity index (χ0) is 21.1. The van der Waals surface area contributed by atoms with E-state index in [1.807, 2.05) is 24.3 Å². The summed E-state index contributed by atoms with van der Waals surface area (Å²) < 4.78 is 5.66. The molecular formula is C22H22N4O4. The van der Waals surface area contributed by atoms with Crippen molar-refractivity contribution in [3.8, 4) is 11.1 Å². The van der Waals surface area contributed by atoms with Gasteiger partial charge in [0.2, 0.25) is 0 Å². The summed E-state index contributed by atoms with van der Waals surface area (Å²) in [6.45, 7) is 0.764. The lowest BCUT2D eigenvalue weighted by atomic mass is 9.86. The lowest BCUT2D eigenvalue weighted by Gasteiger charge is -2.35. The van der Waals surface area contributed by atoms with Crippen molar-refractivity contribution < 1.29 is 19.4 Å². The molecule has 0 spiro atoms. The Hall–Kier alpha value is -3.51. The molecule has 8 heteroatoms. The topological polar surface area (TPSA) is 116 Å². The number of rotatable bonds is 5. The van der Waals surface area contributed by atoms with Gasteiger partial charge in [0.25, 0.3) is 0 Å². The van der Waals surface area contributed by atoms with Crippen molar-refractivity contribution in [1.82, 2.24) is 4.90 Å². The number of hydrogen-bond donors (Lipinski definition) is 1. The Balaban J connectivity index is 1.45. The monoisotopic (exact) mass is 406 g/mol. The first kappa shape index (κ1) is 19.8. The molecule has 2 aromatic rings. The van der Waals surface area contributed by atoms with Crippen molar-refractivity contribution in [2.24, 2.45) is 17.0 Å². The third kappa shape index (κ3) is 3.69. The van der Waals surface area contributed by atoms with E-state index >= 15 is 0 Å². The van der Waals surface area contributed by atoms with Crippen LogP contribution in [0.1, 0.15) is 23.5 Å². The molecule has 30 heavy (non-hydrogen) atoms. The molecule has 2 atom stereocenters. The van der Waals surface area contributed by atoms with Crippen LogP contribution in [0.15, 0.2) is 53.6 Å². The molecule has 1 fully saturated rings. The lowest BCUT2D eigenvalue weighted by molar-refractivity contribution is -0.145. The molecular weight excluding hydrogens is 384 g/mol. The largest absolute Gasteiger partial charge is 0.481 e. The van der Waals surface area contributed by atoms with Crippen LogP contribution in [-0.2, 0) is 9.53 Å². The fourth-order valence-electron chi connectivity index (χ4n) is 4.53. The maximum atomic E-state index is 12.7. The summed E-state index contributed by atoms with van der Waals surface area (Å²) in [6, 6.07) is 16.2. The number of fused-ring (bicyclic) bond motifs is 3. The molecule has 0 saturated carbocycles. The molecule has 1 heterocycles. The van der Waals surface area contributed by atoms with Crippen LogP contribution in [-0.4, -0.2) is 48.3 Å². The number of carboxylic acid groups (broad SMARTS) is 1. The molecule has 1 amide bonds. The SMILES string of the molecule is [N-]=[N+]=NCC1CN(C(=O)OCC2c3ccccc3-c3ccccc32)CCC1C(=O)O. The van der Waals surface area contributed by atoms with E-state index in [-0.39, 0.29) is 25.6 Å². The molecule has 1 aliphatic carbocycles. The predicted molar refractivity (Wildman–Crippen MR) is 110 cm³/mol. The van der Waals surface area contributed by atoms with Crippen LogP contribution in [0.25, 0.3) is 21.6 Å². The van der Waals surface area contributed by atoms with E-state index in [9.17, 15) is 14.7 Å². The molecule has 1 N–H and O–H groups in total. The van der Waals surface area contributed by atoms with Crippen LogP contribution in [0.4, 0.5) is 4.79 Å². The Morgan fingerprint density at radius 3 is 2.37 bits per heavy atom. The molecule has 4 rings (SSSR count). The first-order valence-electron chi connectivity index (χ1n) is 9.93. The number of piperidine rings is 1. The van der Waals surface area contributed by atoms with E-state index in [1.54, 1.807) is 0 Å². The number of ether oxygens (including phenoxy) is 1. The second kappa shape index (κ2) is 8.47. The minimum absolute atomic E-state index is 0.0307. The third-order valence-electron chi connectivity index (χ3n) is 6.02. The average molecular weight is 406 g/mol. The van der Waals surface area contributed by atoms with E-state index in [2.05, 4.69) is 34.3 Å². The van der Waals surface area contributed by atoms with E-state index in [0.29, 0.717) is 13.0 Å². The number of hydrogen-bond acceptors (Lipinski definition) is 4. The third-order valence-corrected chi connectivity index (χ3v) is 6.02. The zero-order valence-corrected chi connectivity index (χ0v) is 16.3. The van der Waals surface area contributed by atoms with Crippen molar-refractivity contribution in [3.63, 3.8) is 0 Å². The standard InChI is InChI=1S/C22H22N4O4/c23-25-24-11-14-12-26(10-9-15(14)21(27)28)22(29)30-13-20-18-7-3-1-5-16(18)17-6-2-4-8-19(17)20/h1-8,14-15,20H,9-13H2,(H,27,28). The van der Waals surface area contributed by atoms with E-state index in [4.69, 9.17) is 10.3 Å². The van der Waals surface area contributed by atoms with Crippen LogP contribution in [0.5, 0.6) is 0 Å². The van der Waals surface area contributed by atoms with Crippen molar-refractivity contribution in [1.29, 1.82) is 0 Å². The summed E-state index contributed by atoms with van der Waals surface area (Å²) >= 11 is 0. The fourth-order valence-corrected chi connectivity index (χ4v) is 4.53. The molecule has 0 bridgehead atoms.